The fourth-order valence-corrected chi connectivity index (χ4v) is 3.47. The lowest BCUT2D eigenvalue weighted by Gasteiger charge is -2.33. The van der Waals surface area contributed by atoms with Gasteiger partial charge in [-0.1, -0.05) is 93.0 Å². The van der Waals surface area contributed by atoms with Crippen molar-refractivity contribution < 1.29 is 14.7 Å². The van der Waals surface area contributed by atoms with Gasteiger partial charge in [-0.25, -0.2) is 9.86 Å². The van der Waals surface area contributed by atoms with Crippen LogP contribution in [0.25, 0.3) is 6.08 Å². The molecule has 3 rings (SSSR count). The molecular formula is C26H29NO3. The van der Waals surface area contributed by atoms with Gasteiger partial charge in [-0.3, -0.25) is 4.84 Å². The van der Waals surface area contributed by atoms with Gasteiger partial charge in [-0.2, -0.15) is 0 Å². The lowest BCUT2D eigenvalue weighted by molar-refractivity contribution is 0.0685. The van der Waals surface area contributed by atoms with Crippen LogP contribution in [0, 0.1) is 0 Å². The number of nitrogens with zero attached hydrogens (tertiary/aromatic N) is 1. The zero-order valence-electron chi connectivity index (χ0n) is 17.4. The van der Waals surface area contributed by atoms with E-state index < -0.39 is 5.97 Å². The quantitative estimate of drug-likeness (QED) is 0.375. The summed E-state index contributed by atoms with van der Waals surface area (Å²) in [5.74, 6) is -0.964. The summed E-state index contributed by atoms with van der Waals surface area (Å²) in [5, 5.41) is 11.5. The average molecular weight is 404 g/mol. The van der Waals surface area contributed by atoms with E-state index in [1.165, 1.54) is 6.42 Å². The molecular weight excluding hydrogens is 374 g/mol. The monoisotopic (exact) mass is 403 g/mol. The first-order valence-corrected chi connectivity index (χ1v) is 10.6. The average Bonchev–Trinajstić information content (AvgIpc) is 2.78. The van der Waals surface area contributed by atoms with Crippen LogP contribution in [0.2, 0.25) is 0 Å². The number of para-hydroxylation sites is 1. The van der Waals surface area contributed by atoms with Gasteiger partial charge in [0, 0.05) is 0 Å². The van der Waals surface area contributed by atoms with Crippen LogP contribution in [0.1, 0.15) is 48.5 Å². The summed E-state index contributed by atoms with van der Waals surface area (Å²) in [6.07, 6.45) is 14.5. The van der Waals surface area contributed by atoms with E-state index in [0.717, 1.165) is 30.4 Å². The highest BCUT2D eigenvalue weighted by atomic mass is 16.7. The number of aromatic carboxylic acids is 1. The van der Waals surface area contributed by atoms with Crippen LogP contribution in [0.15, 0.2) is 84.5 Å². The molecule has 2 aromatic rings. The van der Waals surface area contributed by atoms with Crippen LogP contribution in [0.4, 0.5) is 5.69 Å². The minimum Gasteiger partial charge on any atom is -0.478 e. The summed E-state index contributed by atoms with van der Waals surface area (Å²) >= 11 is 0. The van der Waals surface area contributed by atoms with Crippen molar-refractivity contribution in [3.05, 3.63) is 95.6 Å². The Morgan fingerprint density at radius 2 is 1.80 bits per heavy atom. The summed E-state index contributed by atoms with van der Waals surface area (Å²) < 4.78 is 0. The third-order valence-electron chi connectivity index (χ3n) is 5.02. The van der Waals surface area contributed by atoms with Crippen molar-refractivity contribution in [2.24, 2.45) is 0 Å². The van der Waals surface area contributed by atoms with Crippen molar-refractivity contribution >= 4 is 17.7 Å². The van der Waals surface area contributed by atoms with E-state index in [9.17, 15) is 9.90 Å². The molecule has 0 spiro atoms. The van der Waals surface area contributed by atoms with E-state index in [1.807, 2.05) is 48.6 Å². The second-order valence-corrected chi connectivity index (χ2v) is 7.29. The second-order valence-electron chi connectivity index (χ2n) is 7.29. The molecule has 0 saturated heterocycles. The second kappa shape index (κ2) is 11.2. The Balaban J connectivity index is 1.94. The predicted molar refractivity (Wildman–Crippen MR) is 122 cm³/mol. The highest BCUT2D eigenvalue weighted by Gasteiger charge is 2.25. The summed E-state index contributed by atoms with van der Waals surface area (Å²) in [6.45, 7) is 2.72. The largest absolute Gasteiger partial charge is 0.478 e. The lowest BCUT2D eigenvalue weighted by Crippen LogP contribution is -2.37. The predicted octanol–water partition coefficient (Wildman–Crippen LogP) is 6.28. The van der Waals surface area contributed by atoms with Gasteiger partial charge < -0.3 is 5.11 Å². The molecule has 0 bridgehead atoms. The van der Waals surface area contributed by atoms with Gasteiger partial charge in [-0.15, -0.1) is 0 Å². The fourth-order valence-electron chi connectivity index (χ4n) is 3.47. The van der Waals surface area contributed by atoms with Crippen molar-refractivity contribution in [2.45, 2.75) is 38.6 Å². The van der Waals surface area contributed by atoms with Gasteiger partial charge in [0.1, 0.15) is 0 Å². The molecule has 0 heterocycles. The normalized spacial score (nSPS) is 16.7. The number of carboxylic acid groups (broad SMARTS) is 1. The maximum absolute atomic E-state index is 11.9. The number of hydrogen-bond donors (Lipinski definition) is 1. The van der Waals surface area contributed by atoms with Gasteiger partial charge in [0.15, 0.2) is 0 Å². The topological polar surface area (TPSA) is 49.8 Å². The first kappa shape index (κ1) is 21.6. The maximum atomic E-state index is 11.9. The van der Waals surface area contributed by atoms with Crippen LogP contribution in [-0.4, -0.2) is 23.7 Å². The van der Waals surface area contributed by atoms with Crippen LogP contribution in [-0.2, 0) is 4.84 Å². The molecule has 1 unspecified atom stereocenters. The molecule has 0 fully saturated rings. The van der Waals surface area contributed by atoms with Crippen molar-refractivity contribution in [3.63, 3.8) is 0 Å². The van der Waals surface area contributed by atoms with Crippen molar-refractivity contribution in [1.29, 1.82) is 0 Å². The Hall–Kier alpha value is -3.11. The number of hydrogen-bond acceptors (Lipinski definition) is 3. The molecule has 1 aliphatic rings. The minimum absolute atomic E-state index is 0.220. The fraction of sp³-hybridized carbons (Fsp3) is 0.269. The van der Waals surface area contributed by atoms with E-state index in [0.29, 0.717) is 12.3 Å². The summed E-state index contributed by atoms with van der Waals surface area (Å²) in [7, 11) is 0. The standard InChI is InChI=1S/C26H29NO3/c1-2-3-4-12-19-30-27(25-18-11-9-16-23(25)26(28)29)24-17-10-8-15-22(24)20-21-13-6-5-7-14-21/h5-11,13-18,20,24H,2-4,12,19H2,1H3,(H,28,29). The van der Waals surface area contributed by atoms with Gasteiger partial charge in [-0.05, 0) is 35.8 Å². The SMILES string of the molecule is CCCCCCON(c1ccccc1C(=O)O)C1C=CC=CC1=Cc1ccccc1. The lowest BCUT2D eigenvalue weighted by atomic mass is 9.98. The molecule has 30 heavy (non-hydrogen) atoms. The highest BCUT2D eigenvalue weighted by Crippen LogP contribution is 2.29. The van der Waals surface area contributed by atoms with E-state index in [4.69, 9.17) is 4.84 Å². The molecule has 156 valence electrons. The van der Waals surface area contributed by atoms with Crippen molar-refractivity contribution in [1.82, 2.24) is 0 Å². The van der Waals surface area contributed by atoms with Gasteiger partial charge >= 0.3 is 5.97 Å². The van der Waals surface area contributed by atoms with E-state index in [2.05, 4.69) is 31.2 Å². The molecule has 1 atom stereocenters. The Labute approximate surface area is 178 Å². The molecule has 0 aliphatic heterocycles. The minimum atomic E-state index is -0.964. The molecule has 1 N–H and O–H groups in total. The first-order chi connectivity index (χ1) is 14.7. The summed E-state index contributed by atoms with van der Waals surface area (Å²) in [6, 6.07) is 16.9. The van der Waals surface area contributed by atoms with Gasteiger partial charge in [0.25, 0.3) is 0 Å². The number of allylic oxidation sites excluding steroid dienone is 2. The molecule has 4 nitrogen and oxygen atoms in total. The summed E-state index contributed by atoms with van der Waals surface area (Å²) in [5.41, 5.74) is 2.92. The smallest absolute Gasteiger partial charge is 0.337 e. The molecule has 4 heteroatoms. The summed E-state index contributed by atoms with van der Waals surface area (Å²) in [4.78, 5) is 18.1. The number of anilines is 1. The maximum Gasteiger partial charge on any atom is 0.337 e. The van der Waals surface area contributed by atoms with Crippen LogP contribution < -0.4 is 5.06 Å². The third-order valence-corrected chi connectivity index (χ3v) is 5.02. The number of benzene rings is 2. The van der Waals surface area contributed by atoms with E-state index >= 15 is 0 Å². The number of carbonyl (C=O) groups is 1. The number of hydroxylamine groups is 1. The zero-order valence-corrected chi connectivity index (χ0v) is 17.4. The Bertz CT molecular complexity index is 915. The number of rotatable bonds is 10. The van der Waals surface area contributed by atoms with E-state index in [1.54, 1.807) is 17.2 Å². The molecule has 0 saturated carbocycles. The Morgan fingerprint density at radius 3 is 2.57 bits per heavy atom. The van der Waals surface area contributed by atoms with Gasteiger partial charge in [0.2, 0.25) is 0 Å². The number of unbranched alkanes of at least 4 members (excludes halogenated alkanes) is 3. The van der Waals surface area contributed by atoms with Crippen LogP contribution in [0.3, 0.4) is 0 Å². The molecule has 0 amide bonds. The zero-order chi connectivity index (χ0) is 21.2. The Kier molecular flexibility index (Phi) is 8.04. The molecule has 0 radical (unpaired) electrons. The molecule has 0 aromatic heterocycles. The van der Waals surface area contributed by atoms with Crippen LogP contribution >= 0.6 is 0 Å². The van der Waals surface area contributed by atoms with E-state index in [-0.39, 0.29) is 11.6 Å². The van der Waals surface area contributed by atoms with Crippen LogP contribution in [0.5, 0.6) is 0 Å². The number of carboxylic acids is 1. The van der Waals surface area contributed by atoms with Gasteiger partial charge in [0.05, 0.1) is 23.9 Å². The molecule has 1 aliphatic carbocycles. The highest BCUT2D eigenvalue weighted by molar-refractivity contribution is 5.94. The first-order valence-electron chi connectivity index (χ1n) is 10.6. The molecule has 2 aromatic carbocycles. The van der Waals surface area contributed by atoms with Crippen molar-refractivity contribution in [3.8, 4) is 0 Å². The van der Waals surface area contributed by atoms with Crippen molar-refractivity contribution in [2.75, 3.05) is 11.7 Å². The third kappa shape index (κ3) is 5.71. The Morgan fingerprint density at radius 1 is 1.03 bits per heavy atom.